The van der Waals surface area contributed by atoms with Gasteiger partial charge in [0, 0.05) is 12.1 Å². The number of nitrogens with two attached hydrogens (primary N) is 3. The minimum absolute atomic E-state index is 0.120. The van der Waals surface area contributed by atoms with E-state index in [-0.39, 0.29) is 5.84 Å². The molecule has 0 bridgehead atoms. The van der Waals surface area contributed by atoms with Crippen molar-refractivity contribution in [3.05, 3.63) is 58.7 Å². The highest BCUT2D eigenvalue weighted by atomic mass is 14.7. The fourth-order valence-electron chi connectivity index (χ4n) is 6.06. The quantitative estimate of drug-likeness (QED) is 0.352. The van der Waals surface area contributed by atoms with Gasteiger partial charge in [-0.3, -0.25) is 5.41 Å². The largest absolute Gasteiger partial charge is 0.384 e. The molecule has 0 amide bonds. The lowest BCUT2D eigenvalue weighted by atomic mass is 9.71. The van der Waals surface area contributed by atoms with Crippen LogP contribution >= 0.6 is 0 Å². The second kappa shape index (κ2) is 10.2. The fourth-order valence-corrected chi connectivity index (χ4v) is 6.06. The lowest BCUT2D eigenvalue weighted by Gasteiger charge is -2.34. The van der Waals surface area contributed by atoms with Crippen LogP contribution in [0.5, 0.6) is 0 Å². The van der Waals surface area contributed by atoms with Crippen LogP contribution in [0.1, 0.15) is 92.4 Å². The summed E-state index contributed by atoms with van der Waals surface area (Å²) >= 11 is 0. The van der Waals surface area contributed by atoms with E-state index >= 15 is 0 Å². The smallest absolute Gasteiger partial charge is 0.122 e. The van der Waals surface area contributed by atoms with Gasteiger partial charge < -0.3 is 17.2 Å². The Labute approximate surface area is 193 Å². The van der Waals surface area contributed by atoms with Gasteiger partial charge in [0.1, 0.15) is 5.84 Å². The highest BCUT2D eigenvalue weighted by Crippen LogP contribution is 2.47. The molecule has 2 aromatic carbocycles. The lowest BCUT2D eigenvalue weighted by molar-refractivity contribution is 0.331. The Hall–Kier alpha value is -2.17. The molecule has 32 heavy (non-hydrogen) atoms. The third kappa shape index (κ3) is 4.77. The van der Waals surface area contributed by atoms with E-state index in [1.165, 1.54) is 79.2 Å². The molecule has 2 fully saturated rings. The Kier molecular flexibility index (Phi) is 7.32. The van der Waals surface area contributed by atoms with Crippen molar-refractivity contribution in [2.24, 2.45) is 29.0 Å². The monoisotopic (exact) mass is 432 g/mol. The molecule has 4 rings (SSSR count). The van der Waals surface area contributed by atoms with Gasteiger partial charge in [0.05, 0.1) is 0 Å². The van der Waals surface area contributed by atoms with Gasteiger partial charge in [0.15, 0.2) is 0 Å². The van der Waals surface area contributed by atoms with E-state index in [0.717, 1.165) is 18.0 Å². The molecule has 0 heterocycles. The van der Waals surface area contributed by atoms with Crippen LogP contribution < -0.4 is 17.2 Å². The summed E-state index contributed by atoms with van der Waals surface area (Å²) in [5.74, 6) is 2.77. The number of nitrogens with one attached hydrogen (secondary N) is 1. The zero-order valence-corrected chi connectivity index (χ0v) is 19.6. The maximum atomic E-state index is 7.79. The second-order valence-electron chi connectivity index (χ2n) is 10.2. The number of hydrogen-bond donors (Lipinski definition) is 4. The summed E-state index contributed by atoms with van der Waals surface area (Å²) in [7, 11) is 0. The van der Waals surface area contributed by atoms with Crippen LogP contribution in [0, 0.1) is 17.2 Å². The van der Waals surface area contributed by atoms with Gasteiger partial charge >= 0.3 is 0 Å². The van der Waals surface area contributed by atoms with Gasteiger partial charge in [-0.2, -0.15) is 0 Å². The number of amidine groups is 1. The second-order valence-corrected chi connectivity index (χ2v) is 10.2. The molecular weight excluding hydrogens is 392 g/mol. The molecule has 4 nitrogen and oxygen atoms in total. The van der Waals surface area contributed by atoms with E-state index < -0.39 is 0 Å². The molecule has 0 atom stereocenters. The molecule has 2 aromatic rings. The first-order valence-electron chi connectivity index (χ1n) is 12.5. The molecule has 2 aliphatic carbocycles. The third-order valence-electron chi connectivity index (χ3n) is 8.12. The average molecular weight is 433 g/mol. The van der Waals surface area contributed by atoms with Crippen LogP contribution in [0.15, 0.2) is 36.4 Å². The molecule has 7 N–H and O–H groups in total. The summed E-state index contributed by atoms with van der Waals surface area (Å²) < 4.78 is 0. The van der Waals surface area contributed by atoms with Crippen LogP contribution in [0.2, 0.25) is 0 Å². The Morgan fingerprint density at radius 1 is 0.844 bits per heavy atom. The molecule has 0 unspecified atom stereocenters. The van der Waals surface area contributed by atoms with E-state index in [9.17, 15) is 0 Å². The topological polar surface area (TPSA) is 102 Å². The number of rotatable bonds is 6. The van der Waals surface area contributed by atoms with Crippen LogP contribution in [0.4, 0.5) is 0 Å². The van der Waals surface area contributed by atoms with Crippen molar-refractivity contribution in [3.63, 3.8) is 0 Å². The van der Waals surface area contributed by atoms with Gasteiger partial charge in [0.25, 0.3) is 0 Å². The molecule has 0 radical (unpaired) electrons. The first kappa shape index (κ1) is 23.0. The van der Waals surface area contributed by atoms with E-state index in [2.05, 4.69) is 31.2 Å². The zero-order valence-electron chi connectivity index (χ0n) is 19.6. The van der Waals surface area contributed by atoms with E-state index in [1.807, 2.05) is 12.1 Å². The van der Waals surface area contributed by atoms with Crippen molar-refractivity contribution < 1.29 is 0 Å². The molecule has 2 aliphatic rings. The highest BCUT2D eigenvalue weighted by molar-refractivity contribution is 5.95. The molecule has 0 spiro atoms. The van der Waals surface area contributed by atoms with E-state index in [4.69, 9.17) is 22.6 Å². The van der Waals surface area contributed by atoms with Crippen molar-refractivity contribution in [1.82, 2.24) is 0 Å². The average Bonchev–Trinajstić information content (AvgIpc) is 2.84. The fraction of sp³-hybridized carbons (Fsp3) is 0.536. The van der Waals surface area contributed by atoms with Gasteiger partial charge in [-0.25, -0.2) is 0 Å². The molecule has 0 saturated heterocycles. The van der Waals surface area contributed by atoms with Crippen molar-refractivity contribution in [2.45, 2.75) is 76.7 Å². The maximum absolute atomic E-state index is 7.79. The molecule has 172 valence electrons. The molecule has 0 aromatic heterocycles. The molecule has 4 heteroatoms. The summed E-state index contributed by atoms with van der Waals surface area (Å²) in [6.45, 7) is 3.76. The maximum Gasteiger partial charge on any atom is 0.122 e. The van der Waals surface area contributed by atoms with Crippen molar-refractivity contribution in [1.29, 1.82) is 5.41 Å². The Morgan fingerprint density at radius 2 is 1.47 bits per heavy atom. The van der Waals surface area contributed by atoms with Gasteiger partial charge in [-0.1, -0.05) is 56.2 Å². The van der Waals surface area contributed by atoms with Gasteiger partial charge in [-0.15, -0.1) is 0 Å². The molecular formula is C28H40N4. The first-order valence-corrected chi connectivity index (χ1v) is 12.5. The number of benzene rings is 2. The third-order valence-corrected chi connectivity index (χ3v) is 8.12. The van der Waals surface area contributed by atoms with E-state index in [0.29, 0.717) is 24.3 Å². The van der Waals surface area contributed by atoms with Gasteiger partial charge in [-0.05, 0) is 96.6 Å². The predicted molar refractivity (Wildman–Crippen MR) is 135 cm³/mol. The van der Waals surface area contributed by atoms with Gasteiger partial charge in [0.2, 0.25) is 0 Å². The van der Waals surface area contributed by atoms with Crippen LogP contribution in [0.3, 0.4) is 0 Å². The molecule has 2 saturated carbocycles. The SMILES string of the molecule is CC1CCC(c2ccc(CN)c(C3CCC(CN)CC3)c2-c2ccc(C(=N)N)cc2)CC1. The highest BCUT2D eigenvalue weighted by Gasteiger charge is 2.30. The summed E-state index contributed by atoms with van der Waals surface area (Å²) in [6.07, 6.45) is 9.95. The normalized spacial score (nSPS) is 26.1. The summed E-state index contributed by atoms with van der Waals surface area (Å²) in [5.41, 5.74) is 25.7. The number of hydrogen-bond acceptors (Lipinski definition) is 3. The number of nitrogen functional groups attached to an aromatic ring is 1. The Balaban J connectivity index is 1.82. The van der Waals surface area contributed by atoms with Crippen LogP contribution in [0.25, 0.3) is 11.1 Å². The lowest BCUT2D eigenvalue weighted by Crippen LogP contribution is -2.22. The minimum Gasteiger partial charge on any atom is -0.384 e. The van der Waals surface area contributed by atoms with Crippen LogP contribution in [-0.2, 0) is 6.54 Å². The minimum atomic E-state index is 0.120. The molecule has 0 aliphatic heterocycles. The summed E-state index contributed by atoms with van der Waals surface area (Å²) in [6, 6.07) is 13.0. The Morgan fingerprint density at radius 3 is 2.03 bits per heavy atom. The zero-order chi connectivity index (χ0) is 22.7. The van der Waals surface area contributed by atoms with Crippen LogP contribution in [-0.4, -0.2) is 12.4 Å². The van der Waals surface area contributed by atoms with E-state index in [1.54, 1.807) is 0 Å². The van der Waals surface area contributed by atoms with Crippen molar-refractivity contribution in [3.8, 4) is 11.1 Å². The summed E-state index contributed by atoms with van der Waals surface area (Å²) in [5, 5.41) is 7.79. The Bertz CT molecular complexity index is 917. The van der Waals surface area contributed by atoms with Crippen molar-refractivity contribution in [2.75, 3.05) is 6.54 Å². The summed E-state index contributed by atoms with van der Waals surface area (Å²) in [4.78, 5) is 0. The predicted octanol–water partition coefficient (Wildman–Crippen LogP) is 5.62. The van der Waals surface area contributed by atoms with Crippen molar-refractivity contribution >= 4 is 5.84 Å². The first-order chi connectivity index (χ1) is 15.5. The standard InChI is InChI=1S/C28H40N4/c1-18-2-6-20(7-3-18)25-15-14-24(17-30)26(21-8-4-19(16-29)5-9-21)27(25)22-10-12-23(13-11-22)28(31)32/h10-15,18-21H,2-9,16-17,29-30H2,1H3,(H3,31,32).